The summed E-state index contributed by atoms with van der Waals surface area (Å²) in [4.78, 5) is 31.2. The maximum atomic E-state index is 13.0. The van der Waals surface area contributed by atoms with Crippen LogP contribution in [0.5, 0.6) is 0 Å². The van der Waals surface area contributed by atoms with Gasteiger partial charge in [0.1, 0.15) is 5.70 Å². The molecule has 158 valence electrons. The first-order valence-corrected chi connectivity index (χ1v) is 10.2. The SMILES string of the molecule is COC(=O)C(N)=CC1=NCCC(NC(=O)c2cnn3ccc(N4CCCC4)cc23)C1. The fourth-order valence-electron chi connectivity index (χ4n) is 3.95. The summed E-state index contributed by atoms with van der Waals surface area (Å²) in [7, 11) is 1.28. The number of rotatable bonds is 5. The monoisotopic (exact) mass is 410 g/mol. The van der Waals surface area contributed by atoms with Crippen molar-refractivity contribution in [1.29, 1.82) is 0 Å². The number of pyridine rings is 1. The van der Waals surface area contributed by atoms with Crippen LogP contribution in [-0.4, -0.2) is 60.0 Å². The number of fused-ring (bicyclic) bond motifs is 1. The zero-order valence-corrected chi connectivity index (χ0v) is 17.0. The molecule has 3 N–H and O–H groups in total. The molecule has 1 atom stereocenters. The van der Waals surface area contributed by atoms with Gasteiger partial charge in [-0.15, -0.1) is 0 Å². The number of methoxy groups -OCH3 is 1. The normalized spacial score (nSPS) is 19.6. The van der Waals surface area contributed by atoms with Crippen LogP contribution in [0.3, 0.4) is 0 Å². The summed E-state index contributed by atoms with van der Waals surface area (Å²) >= 11 is 0. The van der Waals surface area contributed by atoms with Gasteiger partial charge in [0, 0.05) is 49.7 Å². The second-order valence-electron chi connectivity index (χ2n) is 7.59. The maximum absolute atomic E-state index is 13.0. The van der Waals surface area contributed by atoms with Crippen molar-refractivity contribution in [2.45, 2.75) is 31.7 Å². The van der Waals surface area contributed by atoms with Crippen LogP contribution in [0.1, 0.15) is 36.0 Å². The van der Waals surface area contributed by atoms with Gasteiger partial charge in [-0.3, -0.25) is 9.79 Å². The third kappa shape index (κ3) is 4.14. The number of hydrogen-bond donors (Lipinski definition) is 2. The van der Waals surface area contributed by atoms with E-state index in [9.17, 15) is 9.59 Å². The first-order valence-electron chi connectivity index (χ1n) is 10.2. The highest BCUT2D eigenvalue weighted by Gasteiger charge is 2.22. The predicted octanol–water partition coefficient (Wildman–Crippen LogP) is 1.28. The molecule has 0 bridgehead atoms. The molecule has 2 aromatic rings. The van der Waals surface area contributed by atoms with Crippen LogP contribution >= 0.6 is 0 Å². The van der Waals surface area contributed by atoms with Crippen molar-refractivity contribution in [3.63, 3.8) is 0 Å². The number of carbonyl (C=O) groups excluding carboxylic acids is 2. The van der Waals surface area contributed by atoms with Gasteiger partial charge in [-0.05, 0) is 37.5 Å². The molecular weight excluding hydrogens is 384 g/mol. The number of amides is 1. The Kier molecular flexibility index (Phi) is 5.69. The molecule has 9 nitrogen and oxygen atoms in total. The lowest BCUT2D eigenvalue weighted by atomic mass is 10.0. The van der Waals surface area contributed by atoms with Gasteiger partial charge >= 0.3 is 5.97 Å². The minimum absolute atomic E-state index is 0.000275. The van der Waals surface area contributed by atoms with Gasteiger partial charge in [0.25, 0.3) is 5.91 Å². The molecule has 0 aliphatic carbocycles. The molecule has 4 rings (SSSR count). The van der Waals surface area contributed by atoms with E-state index in [0.717, 1.165) is 30.7 Å². The molecule has 1 fully saturated rings. The Balaban J connectivity index is 1.47. The standard InChI is InChI=1S/C21H26N6O3/c1-30-21(29)18(22)11-15-10-14(4-6-23-15)25-20(28)17-13-24-27-9-5-16(12-19(17)27)26-7-2-3-8-26/h5,9,11-14H,2-4,6-8,10,22H2,1H3,(H,25,28). The van der Waals surface area contributed by atoms with Crippen LogP contribution in [0.4, 0.5) is 5.69 Å². The van der Waals surface area contributed by atoms with Gasteiger partial charge in [0.15, 0.2) is 0 Å². The average Bonchev–Trinajstić information content (AvgIpc) is 3.42. The zero-order valence-electron chi connectivity index (χ0n) is 17.0. The molecule has 1 unspecified atom stereocenters. The van der Waals surface area contributed by atoms with Crippen molar-refractivity contribution in [3.05, 3.63) is 41.9 Å². The summed E-state index contributed by atoms with van der Waals surface area (Å²) in [5, 5.41) is 7.40. The molecular formula is C21H26N6O3. The predicted molar refractivity (Wildman–Crippen MR) is 114 cm³/mol. The first kappa shape index (κ1) is 19.9. The molecule has 4 heterocycles. The summed E-state index contributed by atoms with van der Waals surface area (Å²) in [6.07, 6.45) is 8.62. The van der Waals surface area contributed by atoms with E-state index in [0.29, 0.717) is 24.2 Å². The topological polar surface area (TPSA) is 114 Å². The molecule has 0 radical (unpaired) electrons. The Hall–Kier alpha value is -3.36. The third-order valence-corrected chi connectivity index (χ3v) is 5.55. The largest absolute Gasteiger partial charge is 0.464 e. The highest BCUT2D eigenvalue weighted by molar-refractivity contribution is 6.04. The van der Waals surface area contributed by atoms with Gasteiger partial charge < -0.3 is 20.7 Å². The van der Waals surface area contributed by atoms with Crippen LogP contribution in [0.25, 0.3) is 5.52 Å². The number of allylic oxidation sites excluding steroid dienone is 1. The first-order chi connectivity index (χ1) is 14.5. The van der Waals surface area contributed by atoms with Crippen molar-refractivity contribution in [3.8, 4) is 0 Å². The van der Waals surface area contributed by atoms with E-state index in [2.05, 4.69) is 25.0 Å². The summed E-state index contributed by atoms with van der Waals surface area (Å²) in [6.45, 7) is 2.63. The number of aromatic nitrogens is 2. The molecule has 9 heteroatoms. The number of carbonyl (C=O) groups is 2. The van der Waals surface area contributed by atoms with Gasteiger partial charge in [-0.1, -0.05) is 0 Å². The van der Waals surface area contributed by atoms with Crippen LogP contribution in [0.2, 0.25) is 0 Å². The summed E-state index contributed by atoms with van der Waals surface area (Å²) in [5.74, 6) is -0.760. The number of anilines is 1. The van der Waals surface area contributed by atoms with Crippen LogP contribution < -0.4 is 16.0 Å². The molecule has 30 heavy (non-hydrogen) atoms. The number of nitrogens with one attached hydrogen (secondary N) is 1. The average molecular weight is 410 g/mol. The molecule has 2 aromatic heterocycles. The van der Waals surface area contributed by atoms with E-state index < -0.39 is 5.97 Å². The molecule has 0 spiro atoms. The molecule has 0 aromatic carbocycles. The van der Waals surface area contributed by atoms with Crippen LogP contribution in [0, 0.1) is 0 Å². The van der Waals surface area contributed by atoms with Crippen LogP contribution in [0.15, 0.2) is 41.3 Å². The Morgan fingerprint density at radius 1 is 1.33 bits per heavy atom. The maximum Gasteiger partial charge on any atom is 0.353 e. The molecule has 2 aliphatic rings. The van der Waals surface area contributed by atoms with Gasteiger partial charge in [0.05, 0.1) is 24.4 Å². The van der Waals surface area contributed by atoms with E-state index in [1.165, 1.54) is 26.0 Å². The van der Waals surface area contributed by atoms with E-state index >= 15 is 0 Å². The summed E-state index contributed by atoms with van der Waals surface area (Å²) in [6, 6.07) is 3.97. The zero-order chi connectivity index (χ0) is 21.1. The van der Waals surface area contributed by atoms with E-state index in [4.69, 9.17) is 5.73 Å². The van der Waals surface area contributed by atoms with Crippen molar-refractivity contribution in [1.82, 2.24) is 14.9 Å². The minimum Gasteiger partial charge on any atom is -0.464 e. The number of aliphatic imine (C=N–C) groups is 1. The van der Waals surface area contributed by atoms with Crippen molar-refractivity contribution >= 4 is 28.8 Å². The number of nitrogens with two attached hydrogens (primary N) is 1. The minimum atomic E-state index is -0.593. The van der Waals surface area contributed by atoms with Crippen molar-refractivity contribution in [2.75, 3.05) is 31.6 Å². The third-order valence-electron chi connectivity index (χ3n) is 5.55. The quantitative estimate of drug-likeness (QED) is 0.567. The fourth-order valence-corrected chi connectivity index (χ4v) is 3.95. The van der Waals surface area contributed by atoms with Crippen LogP contribution in [-0.2, 0) is 9.53 Å². The highest BCUT2D eigenvalue weighted by Crippen LogP contribution is 2.23. The van der Waals surface area contributed by atoms with Gasteiger partial charge in [0.2, 0.25) is 0 Å². The Bertz CT molecular complexity index is 1020. The molecule has 2 aliphatic heterocycles. The van der Waals surface area contributed by atoms with E-state index in [1.807, 2.05) is 18.3 Å². The molecule has 1 amide bonds. The van der Waals surface area contributed by atoms with E-state index in [1.54, 1.807) is 10.7 Å². The fraction of sp³-hybridized carbons (Fsp3) is 0.429. The summed E-state index contributed by atoms with van der Waals surface area (Å²) in [5.41, 5.74) is 8.84. The Morgan fingerprint density at radius 3 is 2.90 bits per heavy atom. The lowest BCUT2D eigenvalue weighted by Crippen LogP contribution is -2.38. The molecule has 1 saturated heterocycles. The highest BCUT2D eigenvalue weighted by atomic mass is 16.5. The number of esters is 1. The van der Waals surface area contributed by atoms with E-state index in [-0.39, 0.29) is 17.6 Å². The number of nitrogens with zero attached hydrogens (tertiary/aromatic N) is 4. The second-order valence-corrected chi connectivity index (χ2v) is 7.59. The summed E-state index contributed by atoms with van der Waals surface area (Å²) < 4.78 is 6.34. The lowest BCUT2D eigenvalue weighted by Gasteiger charge is -2.22. The second kappa shape index (κ2) is 8.56. The Labute approximate surface area is 174 Å². The smallest absolute Gasteiger partial charge is 0.353 e. The Morgan fingerprint density at radius 2 is 2.13 bits per heavy atom. The van der Waals surface area contributed by atoms with Crippen molar-refractivity contribution < 1.29 is 14.3 Å². The number of hydrogen-bond acceptors (Lipinski definition) is 7. The lowest BCUT2D eigenvalue weighted by molar-refractivity contribution is -0.136. The van der Waals surface area contributed by atoms with Gasteiger partial charge in [-0.2, -0.15) is 5.10 Å². The van der Waals surface area contributed by atoms with Crippen molar-refractivity contribution in [2.24, 2.45) is 10.7 Å². The number of ether oxygens (including phenoxy) is 1. The molecule has 0 saturated carbocycles. The van der Waals surface area contributed by atoms with Gasteiger partial charge in [-0.25, -0.2) is 9.31 Å².